The highest BCUT2D eigenvalue weighted by molar-refractivity contribution is 7.89. The van der Waals surface area contributed by atoms with Crippen molar-refractivity contribution < 1.29 is 8.42 Å². The standard InChI is InChI=1S/C22H33N5O2S/c1-5-27(6-2)21(19-10-8-7-9-11-19)17-26-22(23-3)25-16-18-12-14-20(15-13-18)30(28,29)24-4/h7-15,21,24H,5-6,16-17H2,1-4H3,(H2,23,25,26). The molecule has 0 heterocycles. The molecule has 0 radical (unpaired) electrons. The van der Waals surface area contributed by atoms with E-state index in [1.807, 2.05) is 6.07 Å². The molecule has 0 spiro atoms. The van der Waals surface area contributed by atoms with Gasteiger partial charge in [-0.2, -0.15) is 0 Å². The first-order valence-corrected chi connectivity index (χ1v) is 11.7. The molecule has 0 aliphatic carbocycles. The van der Waals surface area contributed by atoms with Crippen LogP contribution in [0.25, 0.3) is 0 Å². The number of guanidine groups is 1. The maximum absolute atomic E-state index is 11.8. The van der Waals surface area contributed by atoms with Gasteiger partial charge in [0, 0.05) is 20.1 Å². The Morgan fingerprint density at radius 2 is 1.63 bits per heavy atom. The van der Waals surface area contributed by atoms with Crippen LogP contribution in [-0.4, -0.2) is 53.0 Å². The van der Waals surface area contributed by atoms with Crippen molar-refractivity contribution in [1.29, 1.82) is 0 Å². The van der Waals surface area contributed by atoms with E-state index in [1.165, 1.54) is 12.6 Å². The van der Waals surface area contributed by atoms with Crippen LogP contribution >= 0.6 is 0 Å². The molecule has 30 heavy (non-hydrogen) atoms. The maximum atomic E-state index is 11.8. The quantitative estimate of drug-likeness (QED) is 0.397. The van der Waals surface area contributed by atoms with Crippen LogP contribution in [0.15, 0.2) is 64.5 Å². The fraction of sp³-hybridized carbons (Fsp3) is 0.409. The first kappa shape index (κ1) is 23.9. The zero-order chi connectivity index (χ0) is 22.0. The summed E-state index contributed by atoms with van der Waals surface area (Å²) in [5.41, 5.74) is 2.24. The largest absolute Gasteiger partial charge is 0.354 e. The van der Waals surface area contributed by atoms with Crippen LogP contribution in [0.1, 0.15) is 31.0 Å². The Balaban J connectivity index is 1.99. The molecular weight excluding hydrogens is 398 g/mol. The van der Waals surface area contributed by atoms with Crippen molar-refractivity contribution in [1.82, 2.24) is 20.3 Å². The van der Waals surface area contributed by atoms with Gasteiger partial charge in [0.25, 0.3) is 0 Å². The minimum absolute atomic E-state index is 0.241. The molecule has 7 nitrogen and oxygen atoms in total. The van der Waals surface area contributed by atoms with Crippen molar-refractivity contribution >= 4 is 16.0 Å². The van der Waals surface area contributed by atoms with Crippen LogP contribution in [0.3, 0.4) is 0 Å². The van der Waals surface area contributed by atoms with Crippen LogP contribution in [0.5, 0.6) is 0 Å². The fourth-order valence-electron chi connectivity index (χ4n) is 3.30. The van der Waals surface area contributed by atoms with Crippen molar-refractivity contribution in [2.75, 3.05) is 33.7 Å². The number of nitrogens with one attached hydrogen (secondary N) is 3. The summed E-state index contributed by atoms with van der Waals surface area (Å²) >= 11 is 0. The zero-order valence-electron chi connectivity index (χ0n) is 18.2. The Hall–Kier alpha value is -2.42. The smallest absolute Gasteiger partial charge is 0.240 e. The molecule has 2 aromatic carbocycles. The summed E-state index contributed by atoms with van der Waals surface area (Å²) in [4.78, 5) is 6.98. The Labute approximate surface area is 180 Å². The second kappa shape index (κ2) is 11.7. The molecule has 0 bridgehead atoms. The molecule has 2 aromatic rings. The first-order chi connectivity index (χ1) is 14.4. The average Bonchev–Trinajstić information content (AvgIpc) is 2.79. The highest BCUT2D eigenvalue weighted by Crippen LogP contribution is 2.19. The van der Waals surface area contributed by atoms with E-state index in [0.717, 1.165) is 25.2 Å². The third kappa shape index (κ3) is 6.55. The lowest BCUT2D eigenvalue weighted by atomic mass is 10.1. The van der Waals surface area contributed by atoms with Crippen molar-refractivity contribution in [3.05, 3.63) is 65.7 Å². The van der Waals surface area contributed by atoms with Gasteiger partial charge in [-0.25, -0.2) is 13.1 Å². The van der Waals surface area contributed by atoms with E-state index < -0.39 is 10.0 Å². The summed E-state index contributed by atoms with van der Waals surface area (Å²) in [7, 11) is -0.273. The topological polar surface area (TPSA) is 85.8 Å². The lowest BCUT2D eigenvalue weighted by Gasteiger charge is -2.30. The van der Waals surface area contributed by atoms with Gasteiger partial charge in [-0.15, -0.1) is 0 Å². The van der Waals surface area contributed by atoms with Crippen LogP contribution in [0.4, 0.5) is 0 Å². The molecular formula is C22H33N5O2S. The van der Waals surface area contributed by atoms with Crippen LogP contribution in [0, 0.1) is 0 Å². The Morgan fingerprint density at radius 1 is 1.00 bits per heavy atom. The number of hydrogen-bond donors (Lipinski definition) is 3. The second-order valence-corrected chi connectivity index (χ2v) is 8.69. The average molecular weight is 432 g/mol. The second-order valence-electron chi connectivity index (χ2n) is 6.81. The van der Waals surface area contributed by atoms with Gasteiger partial charge in [0.2, 0.25) is 10.0 Å². The number of nitrogens with zero attached hydrogens (tertiary/aromatic N) is 2. The lowest BCUT2D eigenvalue weighted by Crippen LogP contribution is -2.43. The maximum Gasteiger partial charge on any atom is 0.240 e. The third-order valence-electron chi connectivity index (χ3n) is 5.09. The Kier molecular flexibility index (Phi) is 9.29. The minimum Gasteiger partial charge on any atom is -0.354 e. The SMILES string of the molecule is CCN(CC)C(CNC(=NC)NCc1ccc(S(=O)(=O)NC)cc1)c1ccccc1. The molecule has 0 saturated carbocycles. The molecule has 0 saturated heterocycles. The monoisotopic (exact) mass is 431 g/mol. The van der Waals surface area contributed by atoms with Gasteiger partial charge in [-0.3, -0.25) is 9.89 Å². The Bertz CT molecular complexity index is 895. The number of benzene rings is 2. The van der Waals surface area contributed by atoms with E-state index in [0.29, 0.717) is 12.5 Å². The molecule has 164 valence electrons. The van der Waals surface area contributed by atoms with E-state index in [-0.39, 0.29) is 10.9 Å². The molecule has 2 rings (SSSR count). The van der Waals surface area contributed by atoms with Gasteiger partial charge in [-0.05, 0) is 43.4 Å². The van der Waals surface area contributed by atoms with E-state index in [1.54, 1.807) is 31.3 Å². The van der Waals surface area contributed by atoms with E-state index in [4.69, 9.17) is 0 Å². The molecule has 8 heteroatoms. The summed E-state index contributed by atoms with van der Waals surface area (Å²) in [6.45, 7) is 7.54. The summed E-state index contributed by atoms with van der Waals surface area (Å²) in [5.74, 6) is 0.704. The van der Waals surface area contributed by atoms with Gasteiger partial charge in [0.15, 0.2) is 5.96 Å². The van der Waals surface area contributed by atoms with Crippen molar-refractivity contribution in [3.63, 3.8) is 0 Å². The first-order valence-electron chi connectivity index (χ1n) is 10.2. The van der Waals surface area contributed by atoms with Crippen LogP contribution in [0.2, 0.25) is 0 Å². The molecule has 3 N–H and O–H groups in total. The van der Waals surface area contributed by atoms with E-state index in [2.05, 4.69) is 63.4 Å². The summed E-state index contributed by atoms with van der Waals surface area (Å²) in [5, 5.41) is 6.72. The molecule has 0 fully saturated rings. The fourth-order valence-corrected chi connectivity index (χ4v) is 4.03. The Morgan fingerprint density at radius 3 is 2.17 bits per heavy atom. The number of aliphatic imine (C=N–C) groups is 1. The predicted molar refractivity (Wildman–Crippen MR) is 123 cm³/mol. The summed E-state index contributed by atoms with van der Waals surface area (Å²) in [6.07, 6.45) is 0. The van der Waals surface area contributed by atoms with Crippen molar-refractivity contribution in [3.8, 4) is 0 Å². The highest BCUT2D eigenvalue weighted by atomic mass is 32.2. The number of hydrogen-bond acceptors (Lipinski definition) is 4. The lowest BCUT2D eigenvalue weighted by molar-refractivity contribution is 0.219. The van der Waals surface area contributed by atoms with Gasteiger partial charge in [0.05, 0.1) is 10.9 Å². The van der Waals surface area contributed by atoms with Gasteiger partial charge in [-0.1, -0.05) is 56.3 Å². The van der Waals surface area contributed by atoms with Gasteiger partial charge in [0.1, 0.15) is 0 Å². The third-order valence-corrected chi connectivity index (χ3v) is 6.52. The van der Waals surface area contributed by atoms with E-state index in [9.17, 15) is 8.42 Å². The van der Waals surface area contributed by atoms with Gasteiger partial charge >= 0.3 is 0 Å². The zero-order valence-corrected chi connectivity index (χ0v) is 19.0. The molecule has 1 atom stereocenters. The number of likely N-dealkylation sites (N-methyl/N-ethyl adjacent to an activating group) is 1. The molecule has 0 aromatic heterocycles. The van der Waals surface area contributed by atoms with Crippen molar-refractivity contribution in [2.45, 2.75) is 31.3 Å². The predicted octanol–water partition coefficient (Wildman–Crippen LogP) is 2.34. The summed E-state index contributed by atoms with van der Waals surface area (Å²) in [6, 6.07) is 17.5. The normalized spacial score (nSPS) is 13.3. The molecule has 0 aliphatic heterocycles. The molecule has 0 amide bonds. The molecule has 0 aliphatic rings. The van der Waals surface area contributed by atoms with Crippen LogP contribution in [-0.2, 0) is 16.6 Å². The summed E-state index contributed by atoms with van der Waals surface area (Å²) < 4.78 is 26.0. The highest BCUT2D eigenvalue weighted by Gasteiger charge is 2.18. The molecule has 1 unspecified atom stereocenters. The van der Waals surface area contributed by atoms with Gasteiger partial charge < -0.3 is 10.6 Å². The number of rotatable bonds is 10. The number of sulfonamides is 1. The van der Waals surface area contributed by atoms with E-state index >= 15 is 0 Å². The minimum atomic E-state index is -3.42. The van der Waals surface area contributed by atoms with Crippen molar-refractivity contribution in [2.24, 2.45) is 4.99 Å². The van der Waals surface area contributed by atoms with Crippen LogP contribution < -0.4 is 15.4 Å².